The Balaban J connectivity index is 2.12. The van der Waals surface area contributed by atoms with Gasteiger partial charge < -0.3 is 15.5 Å². The van der Waals surface area contributed by atoms with E-state index in [1.165, 1.54) is 18.2 Å². The van der Waals surface area contributed by atoms with Crippen LogP contribution in [0.3, 0.4) is 0 Å². The van der Waals surface area contributed by atoms with Crippen LogP contribution in [0, 0.1) is 0 Å². The number of ketones is 1. The summed E-state index contributed by atoms with van der Waals surface area (Å²) < 4.78 is 0. The van der Waals surface area contributed by atoms with Gasteiger partial charge in [0.25, 0.3) is 5.91 Å². The first-order valence-electron chi connectivity index (χ1n) is 7.55. The summed E-state index contributed by atoms with van der Waals surface area (Å²) in [6.45, 7) is 1.88. The molecular weight excluding hydrogens is 306 g/mol. The van der Waals surface area contributed by atoms with Crippen molar-refractivity contribution in [2.75, 3.05) is 0 Å². The Labute approximate surface area is 140 Å². The van der Waals surface area contributed by atoms with Gasteiger partial charge in [-0.05, 0) is 30.7 Å². The molecule has 0 bridgehead atoms. The first-order valence-corrected chi connectivity index (χ1v) is 7.55. The normalized spacial score (nSPS) is 20.5. The number of amides is 1. The number of aliphatic hydroxyl groups excluding tert-OH is 1. The lowest BCUT2D eigenvalue weighted by Crippen LogP contribution is -2.31. The summed E-state index contributed by atoms with van der Waals surface area (Å²) in [5, 5.41) is 21.8. The van der Waals surface area contributed by atoms with Gasteiger partial charge in [0, 0.05) is 6.42 Å². The maximum Gasteiger partial charge on any atom is 0.259 e. The van der Waals surface area contributed by atoms with Crippen molar-refractivity contribution in [3.05, 3.63) is 77.6 Å². The van der Waals surface area contributed by atoms with Gasteiger partial charge in [-0.3, -0.25) is 9.59 Å². The molecule has 1 atom stereocenters. The summed E-state index contributed by atoms with van der Waals surface area (Å²) in [4.78, 5) is 24.3. The summed E-state index contributed by atoms with van der Waals surface area (Å²) >= 11 is 0. The number of hydrogen-bond donors (Lipinski definition) is 3. The van der Waals surface area contributed by atoms with Crippen LogP contribution in [0.25, 0.3) is 0 Å². The van der Waals surface area contributed by atoms with Crippen LogP contribution < -0.4 is 5.32 Å². The Morgan fingerprint density at radius 3 is 2.46 bits per heavy atom. The van der Waals surface area contributed by atoms with Crippen LogP contribution in [-0.2, 0) is 16.0 Å². The molecule has 1 aromatic carbocycles. The third-order valence-electron chi connectivity index (χ3n) is 3.51. The molecule has 5 heteroatoms. The van der Waals surface area contributed by atoms with E-state index >= 15 is 0 Å². The largest absolute Gasteiger partial charge is 0.508 e. The second-order valence-corrected chi connectivity index (χ2v) is 5.29. The van der Waals surface area contributed by atoms with Crippen LogP contribution in [0.2, 0.25) is 0 Å². The van der Waals surface area contributed by atoms with Crippen molar-refractivity contribution < 1.29 is 19.8 Å². The van der Waals surface area contributed by atoms with Crippen molar-refractivity contribution in [1.29, 1.82) is 0 Å². The number of aromatic hydroxyl groups is 1. The molecule has 0 aliphatic carbocycles. The van der Waals surface area contributed by atoms with E-state index in [4.69, 9.17) is 0 Å². The van der Waals surface area contributed by atoms with Crippen molar-refractivity contribution >= 4 is 11.7 Å². The van der Waals surface area contributed by atoms with E-state index in [0.717, 1.165) is 5.56 Å². The van der Waals surface area contributed by atoms with Gasteiger partial charge >= 0.3 is 0 Å². The van der Waals surface area contributed by atoms with E-state index in [1.807, 2.05) is 19.1 Å². The highest BCUT2D eigenvalue weighted by atomic mass is 16.3. The number of carbonyl (C=O) groups excluding carboxylic acids is 2. The number of phenols is 1. The quantitative estimate of drug-likeness (QED) is 0.336. The van der Waals surface area contributed by atoms with Gasteiger partial charge in [0.2, 0.25) is 0 Å². The minimum absolute atomic E-state index is 0.134. The Morgan fingerprint density at radius 2 is 1.79 bits per heavy atom. The van der Waals surface area contributed by atoms with Gasteiger partial charge in [0.15, 0.2) is 5.78 Å². The van der Waals surface area contributed by atoms with Crippen LogP contribution in [0.15, 0.2) is 72.1 Å². The van der Waals surface area contributed by atoms with E-state index in [1.54, 1.807) is 30.4 Å². The summed E-state index contributed by atoms with van der Waals surface area (Å²) in [5.41, 5.74) is 0.575. The van der Waals surface area contributed by atoms with E-state index in [9.17, 15) is 19.8 Å². The molecule has 0 saturated carbocycles. The molecule has 0 aromatic heterocycles. The fourth-order valence-corrected chi connectivity index (χ4v) is 2.31. The minimum Gasteiger partial charge on any atom is -0.508 e. The fourth-order valence-electron chi connectivity index (χ4n) is 2.31. The van der Waals surface area contributed by atoms with Crippen LogP contribution >= 0.6 is 0 Å². The van der Waals surface area contributed by atoms with Crippen molar-refractivity contribution in [2.45, 2.75) is 19.4 Å². The van der Waals surface area contributed by atoms with Gasteiger partial charge in [-0.15, -0.1) is 0 Å². The van der Waals surface area contributed by atoms with Gasteiger partial charge in [0.05, 0.1) is 6.04 Å². The third-order valence-corrected chi connectivity index (χ3v) is 3.51. The number of allylic oxidation sites excluding steroid dienone is 6. The molecule has 1 amide bonds. The zero-order valence-corrected chi connectivity index (χ0v) is 13.3. The van der Waals surface area contributed by atoms with Gasteiger partial charge in [0.1, 0.15) is 17.1 Å². The van der Waals surface area contributed by atoms with E-state index in [0.29, 0.717) is 6.42 Å². The average Bonchev–Trinajstić information content (AvgIpc) is 2.83. The van der Waals surface area contributed by atoms with Gasteiger partial charge in [-0.25, -0.2) is 0 Å². The lowest BCUT2D eigenvalue weighted by molar-refractivity contribution is -0.117. The summed E-state index contributed by atoms with van der Waals surface area (Å²) in [5.74, 6) is -1.23. The van der Waals surface area contributed by atoms with Crippen molar-refractivity contribution in [1.82, 2.24) is 5.32 Å². The van der Waals surface area contributed by atoms with Gasteiger partial charge in [-0.1, -0.05) is 42.5 Å². The molecule has 3 N–H and O–H groups in total. The number of nitrogens with one attached hydrogen (secondary N) is 1. The first kappa shape index (κ1) is 17.3. The molecule has 1 aliphatic heterocycles. The predicted octanol–water partition coefficient (Wildman–Crippen LogP) is 2.50. The topological polar surface area (TPSA) is 86.6 Å². The zero-order valence-electron chi connectivity index (χ0n) is 13.3. The number of hydrogen-bond acceptors (Lipinski definition) is 4. The number of Topliss-reactive ketones (excluding diaryl/α,β-unsaturated/α-hetero) is 1. The third kappa shape index (κ3) is 4.23. The number of aliphatic hydroxyl groups is 1. The van der Waals surface area contributed by atoms with Crippen LogP contribution in [0.4, 0.5) is 0 Å². The second-order valence-electron chi connectivity index (χ2n) is 5.29. The van der Waals surface area contributed by atoms with Crippen LogP contribution in [0.1, 0.15) is 12.5 Å². The molecule has 0 spiro atoms. The number of benzene rings is 1. The van der Waals surface area contributed by atoms with Crippen molar-refractivity contribution in [3.63, 3.8) is 0 Å². The standard InChI is InChI=1S/C19H19NO4/c1-2-3-4-5-6-7-16(22)17-18(23)15(20-19(17)24)12-13-8-10-14(21)11-9-13/h2-11,15,21-22H,12H2,1H3,(H,20,24)/b3-2+,5-4+,7-6+,17-16-/t15-/m0/s1. The van der Waals surface area contributed by atoms with Crippen molar-refractivity contribution in [3.8, 4) is 5.75 Å². The van der Waals surface area contributed by atoms with Crippen LogP contribution in [0.5, 0.6) is 5.75 Å². The lowest BCUT2D eigenvalue weighted by atomic mass is 10.0. The number of phenolic OH excluding ortho intramolecular Hbond substituents is 1. The molecule has 1 aromatic rings. The fraction of sp³-hybridized carbons (Fsp3) is 0.158. The molecule has 0 unspecified atom stereocenters. The highest BCUT2D eigenvalue weighted by Crippen LogP contribution is 2.19. The SMILES string of the molecule is C/C=C/C=C/C=C/C(O)=C1/C(=O)N[C@@H](Cc2ccc(O)cc2)C1=O. The van der Waals surface area contributed by atoms with E-state index in [2.05, 4.69) is 5.32 Å². The molecule has 0 radical (unpaired) electrons. The number of rotatable bonds is 5. The molecule has 1 fully saturated rings. The van der Waals surface area contributed by atoms with Gasteiger partial charge in [-0.2, -0.15) is 0 Å². The Hall–Kier alpha value is -3.08. The predicted molar refractivity (Wildman–Crippen MR) is 91.5 cm³/mol. The number of carbonyl (C=O) groups is 2. The molecule has 24 heavy (non-hydrogen) atoms. The summed E-state index contributed by atoms with van der Waals surface area (Å²) in [6.07, 6.45) is 10.3. The molecule has 1 saturated heterocycles. The maximum absolute atomic E-state index is 12.4. The molecule has 1 aliphatic rings. The molecule has 124 valence electrons. The average molecular weight is 325 g/mol. The highest BCUT2D eigenvalue weighted by Gasteiger charge is 2.37. The lowest BCUT2D eigenvalue weighted by Gasteiger charge is -2.07. The van der Waals surface area contributed by atoms with Crippen LogP contribution in [-0.4, -0.2) is 27.9 Å². The monoisotopic (exact) mass is 325 g/mol. The van der Waals surface area contributed by atoms with Crippen molar-refractivity contribution in [2.24, 2.45) is 0 Å². The molecule has 1 heterocycles. The Bertz CT molecular complexity index is 739. The zero-order chi connectivity index (χ0) is 17.5. The summed E-state index contributed by atoms with van der Waals surface area (Å²) in [7, 11) is 0. The second kappa shape index (κ2) is 7.97. The summed E-state index contributed by atoms with van der Waals surface area (Å²) in [6, 6.07) is 5.69. The smallest absolute Gasteiger partial charge is 0.259 e. The van der Waals surface area contributed by atoms with E-state index < -0.39 is 17.7 Å². The highest BCUT2D eigenvalue weighted by molar-refractivity contribution is 6.27. The minimum atomic E-state index is -0.717. The Kier molecular flexibility index (Phi) is 5.73. The first-order chi connectivity index (χ1) is 11.5. The van der Waals surface area contributed by atoms with E-state index in [-0.39, 0.29) is 17.1 Å². The molecule has 2 rings (SSSR count). The molecular formula is C19H19NO4. The molecule has 5 nitrogen and oxygen atoms in total. The Morgan fingerprint density at radius 1 is 1.12 bits per heavy atom. The maximum atomic E-state index is 12.4.